The SMILES string of the molecule is CCSC1=N/C(=C\c2ccc(OC3CCCC3)cc2)C(=O)S1. The lowest BCUT2D eigenvalue weighted by Gasteiger charge is -2.12. The molecule has 3 nitrogen and oxygen atoms in total. The van der Waals surface area contributed by atoms with Crippen molar-refractivity contribution < 1.29 is 9.53 Å². The van der Waals surface area contributed by atoms with E-state index in [1.807, 2.05) is 30.3 Å². The Bertz CT molecular complexity index is 602. The maximum Gasteiger partial charge on any atom is 0.244 e. The van der Waals surface area contributed by atoms with Gasteiger partial charge in [0, 0.05) is 0 Å². The van der Waals surface area contributed by atoms with Crippen molar-refractivity contribution in [2.45, 2.75) is 38.7 Å². The topological polar surface area (TPSA) is 38.7 Å². The summed E-state index contributed by atoms with van der Waals surface area (Å²) in [6, 6.07) is 7.91. The molecule has 1 heterocycles. The van der Waals surface area contributed by atoms with Crippen molar-refractivity contribution in [3.05, 3.63) is 35.5 Å². The standard InChI is InChI=1S/C17H19NO2S2/c1-2-21-17-18-15(16(19)22-17)11-12-7-9-14(10-8-12)20-13-5-3-4-6-13/h7-11,13H,2-6H2,1H3/b15-11-. The highest BCUT2D eigenvalue weighted by Crippen LogP contribution is 2.31. The third-order valence-corrected chi connectivity index (χ3v) is 5.55. The van der Waals surface area contributed by atoms with Crippen molar-refractivity contribution in [3.63, 3.8) is 0 Å². The van der Waals surface area contributed by atoms with Crippen LogP contribution >= 0.6 is 23.5 Å². The minimum Gasteiger partial charge on any atom is -0.490 e. The van der Waals surface area contributed by atoms with Crippen molar-refractivity contribution in [3.8, 4) is 5.75 Å². The minimum atomic E-state index is 0.0298. The van der Waals surface area contributed by atoms with E-state index >= 15 is 0 Å². The summed E-state index contributed by atoms with van der Waals surface area (Å²) >= 11 is 2.83. The molecule has 1 fully saturated rings. The van der Waals surface area contributed by atoms with E-state index in [0.29, 0.717) is 11.8 Å². The van der Waals surface area contributed by atoms with Crippen LogP contribution in [0.15, 0.2) is 35.0 Å². The summed E-state index contributed by atoms with van der Waals surface area (Å²) in [4.78, 5) is 16.3. The van der Waals surface area contributed by atoms with Crippen LogP contribution in [-0.2, 0) is 4.79 Å². The van der Waals surface area contributed by atoms with E-state index in [4.69, 9.17) is 4.74 Å². The molecule has 1 aliphatic heterocycles. The molecule has 116 valence electrons. The number of nitrogens with zero attached hydrogens (tertiary/aromatic N) is 1. The molecule has 22 heavy (non-hydrogen) atoms. The van der Waals surface area contributed by atoms with E-state index in [0.717, 1.165) is 34.3 Å². The van der Waals surface area contributed by atoms with Gasteiger partial charge in [-0.1, -0.05) is 30.8 Å². The fourth-order valence-electron chi connectivity index (χ4n) is 2.57. The predicted octanol–water partition coefficient (Wildman–Crippen LogP) is 4.73. The Balaban J connectivity index is 1.67. The molecule has 0 N–H and O–H groups in total. The van der Waals surface area contributed by atoms with Gasteiger partial charge in [-0.3, -0.25) is 4.79 Å². The van der Waals surface area contributed by atoms with Gasteiger partial charge in [-0.25, -0.2) is 4.99 Å². The predicted molar refractivity (Wildman–Crippen MR) is 95.5 cm³/mol. The monoisotopic (exact) mass is 333 g/mol. The number of rotatable bonds is 4. The molecular weight excluding hydrogens is 314 g/mol. The Morgan fingerprint density at radius 1 is 1.32 bits per heavy atom. The quantitative estimate of drug-likeness (QED) is 0.747. The van der Waals surface area contributed by atoms with Gasteiger partial charge in [-0.15, -0.1) is 0 Å². The molecule has 1 saturated carbocycles. The Kier molecular flexibility index (Phi) is 5.26. The fraction of sp³-hybridized carbons (Fsp3) is 0.412. The average molecular weight is 333 g/mol. The molecule has 0 aromatic heterocycles. The van der Waals surface area contributed by atoms with E-state index in [-0.39, 0.29) is 5.12 Å². The second kappa shape index (κ2) is 7.38. The zero-order chi connectivity index (χ0) is 15.4. The van der Waals surface area contributed by atoms with Crippen LogP contribution in [0, 0.1) is 0 Å². The first kappa shape index (κ1) is 15.7. The number of ether oxygens (including phenoxy) is 1. The van der Waals surface area contributed by atoms with Crippen molar-refractivity contribution in [2.24, 2.45) is 4.99 Å². The first-order chi connectivity index (χ1) is 10.7. The van der Waals surface area contributed by atoms with Crippen LogP contribution in [0.5, 0.6) is 5.75 Å². The third kappa shape index (κ3) is 3.96. The molecule has 1 aliphatic carbocycles. The van der Waals surface area contributed by atoms with Crippen LogP contribution in [0.2, 0.25) is 0 Å². The molecule has 0 atom stereocenters. The smallest absolute Gasteiger partial charge is 0.244 e. The van der Waals surface area contributed by atoms with Gasteiger partial charge in [0.25, 0.3) is 0 Å². The van der Waals surface area contributed by atoms with Gasteiger partial charge in [0.15, 0.2) is 0 Å². The summed E-state index contributed by atoms with van der Waals surface area (Å²) in [6.07, 6.45) is 7.07. The number of carbonyl (C=O) groups excluding carboxylic acids is 1. The van der Waals surface area contributed by atoms with Gasteiger partial charge in [-0.2, -0.15) is 0 Å². The van der Waals surface area contributed by atoms with Crippen molar-refractivity contribution >= 4 is 39.1 Å². The van der Waals surface area contributed by atoms with Gasteiger partial charge in [0.1, 0.15) is 15.8 Å². The van der Waals surface area contributed by atoms with E-state index in [1.54, 1.807) is 11.8 Å². The summed E-state index contributed by atoms with van der Waals surface area (Å²) in [6.45, 7) is 2.06. The third-order valence-electron chi connectivity index (χ3n) is 3.66. The van der Waals surface area contributed by atoms with Crippen LogP contribution in [0.4, 0.5) is 0 Å². The summed E-state index contributed by atoms with van der Waals surface area (Å²) < 4.78 is 6.79. The van der Waals surface area contributed by atoms with Gasteiger partial charge in [-0.05, 0) is 67.0 Å². The summed E-state index contributed by atoms with van der Waals surface area (Å²) in [5.74, 6) is 1.84. The van der Waals surface area contributed by atoms with E-state index in [9.17, 15) is 4.79 Å². The molecule has 1 aromatic carbocycles. The molecule has 0 spiro atoms. The van der Waals surface area contributed by atoms with Crippen LogP contribution in [0.25, 0.3) is 6.08 Å². The maximum absolute atomic E-state index is 11.9. The maximum atomic E-state index is 11.9. The number of aliphatic imine (C=N–C) groups is 1. The second-order valence-corrected chi connectivity index (χ2v) is 7.80. The number of hydrogen-bond donors (Lipinski definition) is 0. The fourth-order valence-corrected chi connectivity index (χ4v) is 4.31. The van der Waals surface area contributed by atoms with E-state index in [1.165, 1.54) is 24.6 Å². The van der Waals surface area contributed by atoms with Gasteiger partial charge in [0.2, 0.25) is 5.12 Å². The molecule has 0 radical (unpaired) electrons. The molecule has 0 unspecified atom stereocenters. The zero-order valence-electron chi connectivity index (χ0n) is 12.6. The Morgan fingerprint density at radius 3 is 2.73 bits per heavy atom. The normalized spacial score (nSPS) is 20.7. The van der Waals surface area contributed by atoms with Crippen LogP contribution in [-0.4, -0.2) is 21.3 Å². The first-order valence-corrected chi connectivity index (χ1v) is 9.47. The number of hydrogen-bond acceptors (Lipinski definition) is 5. The van der Waals surface area contributed by atoms with Crippen LogP contribution in [0.1, 0.15) is 38.2 Å². The molecule has 1 aromatic rings. The van der Waals surface area contributed by atoms with Crippen molar-refractivity contribution in [2.75, 3.05) is 5.75 Å². The Labute approximate surface area is 139 Å². The highest BCUT2D eigenvalue weighted by molar-refractivity contribution is 8.45. The molecule has 5 heteroatoms. The lowest BCUT2D eigenvalue weighted by Crippen LogP contribution is -2.10. The Morgan fingerprint density at radius 2 is 2.05 bits per heavy atom. The number of carbonyl (C=O) groups is 1. The number of benzene rings is 1. The highest BCUT2D eigenvalue weighted by atomic mass is 32.2. The average Bonchev–Trinajstić information content (AvgIpc) is 3.12. The molecule has 2 aliphatic rings. The highest BCUT2D eigenvalue weighted by Gasteiger charge is 2.22. The summed E-state index contributed by atoms with van der Waals surface area (Å²) in [5, 5.41) is 0.0298. The van der Waals surface area contributed by atoms with Gasteiger partial charge < -0.3 is 4.74 Å². The summed E-state index contributed by atoms with van der Waals surface area (Å²) in [7, 11) is 0. The van der Waals surface area contributed by atoms with Gasteiger partial charge >= 0.3 is 0 Å². The molecule has 0 bridgehead atoms. The number of thioether (sulfide) groups is 2. The molecular formula is C17H19NO2S2. The van der Waals surface area contributed by atoms with Crippen molar-refractivity contribution in [1.29, 1.82) is 0 Å². The lowest BCUT2D eigenvalue weighted by molar-refractivity contribution is -0.107. The van der Waals surface area contributed by atoms with Gasteiger partial charge in [0.05, 0.1) is 6.10 Å². The van der Waals surface area contributed by atoms with Crippen LogP contribution in [0.3, 0.4) is 0 Å². The molecule has 3 rings (SSSR count). The first-order valence-electron chi connectivity index (χ1n) is 7.66. The van der Waals surface area contributed by atoms with Crippen LogP contribution < -0.4 is 4.74 Å². The molecule has 0 amide bonds. The Hall–Kier alpha value is -1.20. The van der Waals surface area contributed by atoms with E-state index in [2.05, 4.69) is 11.9 Å². The van der Waals surface area contributed by atoms with Crippen molar-refractivity contribution in [1.82, 2.24) is 0 Å². The van der Waals surface area contributed by atoms with E-state index < -0.39 is 0 Å². The lowest BCUT2D eigenvalue weighted by atomic mass is 10.2. The largest absolute Gasteiger partial charge is 0.490 e. The minimum absolute atomic E-state index is 0.0298. The zero-order valence-corrected chi connectivity index (χ0v) is 14.2. The second-order valence-electron chi connectivity index (χ2n) is 5.32. The molecule has 0 saturated heterocycles. The summed E-state index contributed by atoms with van der Waals surface area (Å²) in [5.41, 5.74) is 1.51.